The van der Waals surface area contributed by atoms with E-state index < -0.39 is 0 Å². The van der Waals surface area contributed by atoms with Gasteiger partial charge in [0.2, 0.25) is 5.91 Å². The molecule has 0 radical (unpaired) electrons. The molecular formula is C17H24ClNO3S. The first-order valence-electron chi connectivity index (χ1n) is 8.13. The smallest absolute Gasteiger partial charge is 0.341 e. The van der Waals surface area contributed by atoms with Crippen LogP contribution in [0.4, 0.5) is 5.00 Å². The van der Waals surface area contributed by atoms with Gasteiger partial charge >= 0.3 is 5.97 Å². The Kier molecular flexibility index (Phi) is 6.48. The maximum atomic E-state index is 12.5. The monoisotopic (exact) mass is 357 g/mol. The Balaban J connectivity index is 2.28. The van der Waals surface area contributed by atoms with Gasteiger partial charge in [-0.3, -0.25) is 4.79 Å². The highest BCUT2D eigenvalue weighted by Gasteiger charge is 2.29. The highest BCUT2D eigenvalue weighted by atomic mass is 35.5. The molecule has 0 aliphatic heterocycles. The fourth-order valence-electron chi connectivity index (χ4n) is 2.74. The van der Waals surface area contributed by atoms with E-state index >= 15 is 0 Å². The molecular weight excluding hydrogens is 334 g/mol. The number of hydrogen-bond acceptors (Lipinski definition) is 4. The van der Waals surface area contributed by atoms with Crippen molar-refractivity contribution in [3.8, 4) is 0 Å². The maximum absolute atomic E-state index is 12.5. The average Bonchev–Trinajstić information content (AvgIpc) is 2.81. The van der Waals surface area contributed by atoms with Crippen LogP contribution in [0.2, 0.25) is 0 Å². The third-order valence-corrected chi connectivity index (χ3v) is 5.29. The lowest BCUT2D eigenvalue weighted by atomic mass is 9.88. The summed E-state index contributed by atoms with van der Waals surface area (Å²) < 4.78 is 5.39. The Bertz CT molecular complexity index is 583. The van der Waals surface area contributed by atoms with Crippen LogP contribution in [-0.4, -0.2) is 23.9 Å². The van der Waals surface area contributed by atoms with Crippen LogP contribution in [0.5, 0.6) is 0 Å². The van der Waals surface area contributed by atoms with Crippen LogP contribution in [0, 0.1) is 5.92 Å². The Labute approximate surface area is 146 Å². The fourth-order valence-corrected chi connectivity index (χ4v) is 4.29. The van der Waals surface area contributed by atoms with Gasteiger partial charge in [-0.05, 0) is 51.0 Å². The van der Waals surface area contributed by atoms with Gasteiger partial charge in [0.15, 0.2) is 0 Å². The summed E-state index contributed by atoms with van der Waals surface area (Å²) in [5.74, 6) is 0.624. The number of halogens is 1. The third-order valence-electron chi connectivity index (χ3n) is 3.85. The number of esters is 1. The first-order chi connectivity index (χ1) is 10.9. The molecule has 0 fully saturated rings. The second-order valence-corrected chi connectivity index (χ2v) is 7.83. The molecule has 1 aromatic rings. The highest BCUT2D eigenvalue weighted by Crippen LogP contribution is 2.40. The molecule has 1 aliphatic rings. The highest BCUT2D eigenvalue weighted by molar-refractivity contribution is 7.17. The van der Waals surface area contributed by atoms with Gasteiger partial charge in [-0.25, -0.2) is 4.79 Å². The minimum absolute atomic E-state index is 0.101. The van der Waals surface area contributed by atoms with E-state index in [1.54, 1.807) is 0 Å². The van der Waals surface area contributed by atoms with Gasteiger partial charge in [-0.15, -0.1) is 22.9 Å². The molecule has 128 valence electrons. The van der Waals surface area contributed by atoms with Crippen molar-refractivity contribution in [3.63, 3.8) is 0 Å². The molecule has 0 aromatic carbocycles. The molecule has 4 nitrogen and oxygen atoms in total. The number of rotatable bonds is 6. The van der Waals surface area contributed by atoms with Crippen molar-refractivity contribution in [2.45, 2.75) is 59.0 Å². The van der Waals surface area contributed by atoms with Crippen LogP contribution in [0.1, 0.15) is 60.8 Å². The van der Waals surface area contributed by atoms with Crippen molar-refractivity contribution >= 4 is 39.8 Å². The summed E-state index contributed by atoms with van der Waals surface area (Å²) in [6.07, 6.45) is 3.70. The Morgan fingerprint density at radius 1 is 1.43 bits per heavy atom. The topological polar surface area (TPSA) is 55.4 Å². The molecule has 0 saturated heterocycles. The number of alkyl halides is 1. The van der Waals surface area contributed by atoms with Gasteiger partial charge in [0, 0.05) is 17.2 Å². The van der Waals surface area contributed by atoms with E-state index in [-0.39, 0.29) is 18.0 Å². The van der Waals surface area contributed by atoms with Crippen molar-refractivity contribution in [1.29, 1.82) is 0 Å². The number of nitrogens with one attached hydrogen (secondary N) is 1. The van der Waals surface area contributed by atoms with Gasteiger partial charge in [-0.1, -0.05) is 6.92 Å². The molecule has 1 aliphatic carbocycles. The molecule has 0 spiro atoms. The quantitative estimate of drug-likeness (QED) is 0.606. The van der Waals surface area contributed by atoms with Gasteiger partial charge in [0.05, 0.1) is 11.7 Å². The van der Waals surface area contributed by atoms with Gasteiger partial charge in [0.25, 0.3) is 0 Å². The largest absolute Gasteiger partial charge is 0.459 e. The van der Waals surface area contributed by atoms with E-state index in [1.807, 2.05) is 13.8 Å². The molecule has 1 heterocycles. The second kappa shape index (κ2) is 8.15. The molecule has 0 saturated carbocycles. The van der Waals surface area contributed by atoms with Crippen LogP contribution < -0.4 is 5.32 Å². The van der Waals surface area contributed by atoms with Crippen molar-refractivity contribution in [1.82, 2.24) is 0 Å². The summed E-state index contributed by atoms with van der Waals surface area (Å²) in [7, 11) is 0. The first-order valence-corrected chi connectivity index (χ1v) is 9.48. The third kappa shape index (κ3) is 4.70. The number of carbonyl (C=O) groups excluding carboxylic acids is 2. The number of ether oxygens (including phenoxy) is 1. The number of carbonyl (C=O) groups is 2. The molecule has 2 rings (SSSR count). The zero-order chi connectivity index (χ0) is 17.0. The van der Waals surface area contributed by atoms with Crippen molar-refractivity contribution in [2.75, 3.05) is 11.2 Å². The van der Waals surface area contributed by atoms with Crippen molar-refractivity contribution in [2.24, 2.45) is 5.92 Å². The minimum Gasteiger partial charge on any atom is -0.459 e. The zero-order valence-corrected chi connectivity index (χ0v) is 15.5. The molecule has 0 bridgehead atoms. The van der Waals surface area contributed by atoms with Crippen LogP contribution >= 0.6 is 22.9 Å². The lowest BCUT2D eigenvalue weighted by molar-refractivity contribution is -0.116. The summed E-state index contributed by atoms with van der Waals surface area (Å²) in [4.78, 5) is 25.7. The number of anilines is 1. The van der Waals surface area contributed by atoms with E-state index in [2.05, 4.69) is 12.2 Å². The normalized spacial score (nSPS) is 17.0. The van der Waals surface area contributed by atoms with Crippen LogP contribution in [0.3, 0.4) is 0 Å². The Morgan fingerprint density at radius 2 is 2.17 bits per heavy atom. The summed E-state index contributed by atoms with van der Waals surface area (Å²) in [5, 5.41) is 3.53. The summed E-state index contributed by atoms with van der Waals surface area (Å²) in [6, 6.07) is 0. The average molecular weight is 358 g/mol. The van der Waals surface area contributed by atoms with Crippen molar-refractivity contribution in [3.05, 3.63) is 16.0 Å². The van der Waals surface area contributed by atoms with Gasteiger partial charge in [-0.2, -0.15) is 0 Å². The lowest BCUT2D eigenvalue weighted by Crippen LogP contribution is -2.18. The van der Waals surface area contributed by atoms with Crippen LogP contribution in [0.25, 0.3) is 0 Å². The predicted octanol–water partition coefficient (Wildman–Crippen LogP) is 4.40. The minimum atomic E-state index is -0.334. The number of thiophene rings is 1. The summed E-state index contributed by atoms with van der Waals surface area (Å²) in [5.41, 5.74) is 1.62. The molecule has 1 N–H and O–H groups in total. The Hall–Kier alpha value is -1.07. The van der Waals surface area contributed by atoms with Gasteiger partial charge < -0.3 is 10.1 Å². The zero-order valence-electron chi connectivity index (χ0n) is 13.9. The van der Waals surface area contributed by atoms with Crippen LogP contribution in [0.15, 0.2) is 0 Å². The standard InChI is InChI=1S/C17H24ClNO3S/c1-10(2)22-17(21)15-12-7-6-11(3)9-13(12)23-16(15)19-14(20)5-4-8-18/h10-11H,4-9H2,1-3H3,(H,19,20)/t11-/m0/s1. The first kappa shape index (κ1) is 18.3. The van der Waals surface area contributed by atoms with E-state index in [4.69, 9.17) is 16.3 Å². The SMILES string of the molecule is CC(C)OC(=O)c1c(NC(=O)CCCCl)sc2c1CC[C@H](C)C2. The maximum Gasteiger partial charge on any atom is 0.341 e. The number of fused-ring (bicyclic) bond motifs is 1. The number of hydrogen-bond donors (Lipinski definition) is 1. The molecule has 1 aromatic heterocycles. The summed E-state index contributed by atoms with van der Waals surface area (Å²) >= 11 is 7.15. The fraction of sp³-hybridized carbons (Fsp3) is 0.647. The second-order valence-electron chi connectivity index (χ2n) is 6.35. The van der Waals surface area contributed by atoms with E-state index in [0.29, 0.717) is 35.2 Å². The molecule has 1 amide bonds. The van der Waals surface area contributed by atoms with E-state index in [1.165, 1.54) is 16.2 Å². The number of amides is 1. The molecule has 0 unspecified atom stereocenters. The van der Waals surface area contributed by atoms with Crippen LogP contribution in [-0.2, 0) is 22.4 Å². The Morgan fingerprint density at radius 3 is 2.83 bits per heavy atom. The summed E-state index contributed by atoms with van der Waals surface area (Å²) in [6.45, 7) is 5.88. The van der Waals surface area contributed by atoms with E-state index in [9.17, 15) is 9.59 Å². The predicted molar refractivity (Wildman–Crippen MR) is 94.6 cm³/mol. The lowest BCUT2D eigenvalue weighted by Gasteiger charge is -2.18. The van der Waals surface area contributed by atoms with E-state index in [0.717, 1.165) is 24.8 Å². The molecule has 6 heteroatoms. The molecule has 1 atom stereocenters. The van der Waals surface area contributed by atoms with Crippen molar-refractivity contribution < 1.29 is 14.3 Å². The molecule has 23 heavy (non-hydrogen) atoms. The van der Waals surface area contributed by atoms with Gasteiger partial charge in [0.1, 0.15) is 5.00 Å².